The Hall–Kier alpha value is -0.280. The fourth-order valence-electron chi connectivity index (χ4n) is 2.36. The van der Waals surface area contributed by atoms with E-state index in [1.807, 2.05) is 25.7 Å². The summed E-state index contributed by atoms with van der Waals surface area (Å²) in [7, 11) is 0. The standard InChI is InChI=1S/C14H28N2O.ClH/c1-6-14(5)8-7-9-16(10-14)12(17)11(15)13(2,3)4;/h11H,6-10,15H2,1-5H3;1H/t11-,14?;/m1./s1. The van der Waals surface area contributed by atoms with Crippen LogP contribution >= 0.6 is 12.4 Å². The number of nitrogens with two attached hydrogens (primary N) is 1. The molecule has 0 aromatic rings. The number of nitrogens with zero attached hydrogens (tertiary/aromatic N) is 1. The second-order valence-electron chi connectivity index (χ2n) is 6.87. The van der Waals surface area contributed by atoms with Crippen LogP contribution in [0.3, 0.4) is 0 Å². The van der Waals surface area contributed by atoms with Crippen LogP contribution in [0.2, 0.25) is 0 Å². The highest BCUT2D eigenvalue weighted by molar-refractivity contribution is 5.85. The predicted molar refractivity (Wildman–Crippen MR) is 78.9 cm³/mol. The van der Waals surface area contributed by atoms with Crippen molar-refractivity contribution in [1.29, 1.82) is 0 Å². The third kappa shape index (κ3) is 4.13. The first-order valence-electron chi connectivity index (χ1n) is 6.74. The molecule has 0 aromatic heterocycles. The maximum absolute atomic E-state index is 12.3. The maximum Gasteiger partial charge on any atom is 0.240 e. The van der Waals surface area contributed by atoms with Crippen LogP contribution in [0, 0.1) is 10.8 Å². The highest BCUT2D eigenvalue weighted by atomic mass is 35.5. The first-order valence-corrected chi connectivity index (χ1v) is 6.74. The molecule has 1 saturated heterocycles. The summed E-state index contributed by atoms with van der Waals surface area (Å²) in [5, 5.41) is 0. The zero-order valence-electron chi connectivity index (χ0n) is 12.5. The number of amides is 1. The second kappa shape index (κ2) is 6.25. The number of likely N-dealkylation sites (tertiary alicyclic amines) is 1. The minimum absolute atomic E-state index is 0. The molecular formula is C14H29ClN2O. The normalized spacial score (nSPS) is 26.4. The van der Waals surface area contributed by atoms with Gasteiger partial charge in [-0.25, -0.2) is 0 Å². The van der Waals surface area contributed by atoms with Gasteiger partial charge in [0.05, 0.1) is 6.04 Å². The summed E-state index contributed by atoms with van der Waals surface area (Å²) >= 11 is 0. The fraction of sp³-hybridized carbons (Fsp3) is 0.929. The third-order valence-corrected chi connectivity index (χ3v) is 4.15. The van der Waals surface area contributed by atoms with E-state index in [4.69, 9.17) is 5.73 Å². The molecule has 18 heavy (non-hydrogen) atoms. The quantitative estimate of drug-likeness (QED) is 0.843. The second-order valence-corrected chi connectivity index (χ2v) is 6.87. The zero-order valence-corrected chi connectivity index (χ0v) is 13.3. The molecular weight excluding hydrogens is 248 g/mol. The van der Waals surface area contributed by atoms with Gasteiger partial charge in [-0.2, -0.15) is 0 Å². The minimum Gasteiger partial charge on any atom is -0.341 e. The molecule has 1 aliphatic rings. The van der Waals surface area contributed by atoms with Gasteiger partial charge in [0.25, 0.3) is 0 Å². The van der Waals surface area contributed by atoms with Crippen molar-refractivity contribution in [3.63, 3.8) is 0 Å². The van der Waals surface area contributed by atoms with Gasteiger partial charge in [0.1, 0.15) is 0 Å². The van der Waals surface area contributed by atoms with E-state index in [9.17, 15) is 4.79 Å². The van der Waals surface area contributed by atoms with E-state index in [2.05, 4.69) is 13.8 Å². The van der Waals surface area contributed by atoms with Crippen LogP contribution in [0.25, 0.3) is 0 Å². The van der Waals surface area contributed by atoms with Crippen molar-refractivity contribution in [2.24, 2.45) is 16.6 Å². The Bertz CT molecular complexity index is 288. The zero-order chi connectivity index (χ0) is 13.3. The molecule has 108 valence electrons. The van der Waals surface area contributed by atoms with Crippen LogP contribution in [0.15, 0.2) is 0 Å². The Morgan fingerprint density at radius 3 is 2.44 bits per heavy atom. The Morgan fingerprint density at radius 2 is 2.00 bits per heavy atom. The summed E-state index contributed by atoms with van der Waals surface area (Å²) in [6, 6.07) is -0.387. The van der Waals surface area contributed by atoms with Crippen molar-refractivity contribution >= 4 is 18.3 Å². The minimum atomic E-state index is -0.387. The average Bonchev–Trinajstić information content (AvgIpc) is 2.26. The topological polar surface area (TPSA) is 46.3 Å². The molecule has 1 fully saturated rings. The Morgan fingerprint density at radius 1 is 1.44 bits per heavy atom. The summed E-state index contributed by atoms with van der Waals surface area (Å²) in [5.41, 5.74) is 6.19. The highest BCUT2D eigenvalue weighted by Gasteiger charge is 2.36. The van der Waals surface area contributed by atoms with Crippen LogP contribution in [-0.4, -0.2) is 29.9 Å². The van der Waals surface area contributed by atoms with Gasteiger partial charge in [-0.05, 0) is 30.1 Å². The Labute approximate surface area is 118 Å². The van der Waals surface area contributed by atoms with Crippen molar-refractivity contribution in [1.82, 2.24) is 4.90 Å². The van der Waals surface area contributed by atoms with Gasteiger partial charge in [-0.3, -0.25) is 4.79 Å². The molecule has 0 aromatic carbocycles. The molecule has 0 radical (unpaired) electrons. The lowest BCUT2D eigenvalue weighted by Crippen LogP contribution is -2.54. The van der Waals surface area contributed by atoms with E-state index in [-0.39, 0.29) is 35.2 Å². The molecule has 1 aliphatic heterocycles. The Balaban J connectivity index is 0.00000289. The van der Waals surface area contributed by atoms with Gasteiger partial charge in [-0.15, -0.1) is 12.4 Å². The number of carbonyl (C=O) groups is 1. The van der Waals surface area contributed by atoms with Gasteiger partial charge in [0.15, 0.2) is 0 Å². The monoisotopic (exact) mass is 276 g/mol. The molecule has 0 bridgehead atoms. The third-order valence-electron chi connectivity index (χ3n) is 4.15. The van der Waals surface area contributed by atoms with Gasteiger partial charge in [0, 0.05) is 13.1 Å². The number of piperidine rings is 1. The number of halogens is 1. The molecule has 0 saturated carbocycles. The lowest BCUT2D eigenvalue weighted by atomic mass is 9.78. The number of carbonyl (C=O) groups excluding carboxylic acids is 1. The maximum atomic E-state index is 12.3. The van der Waals surface area contributed by atoms with Gasteiger partial charge < -0.3 is 10.6 Å². The lowest BCUT2D eigenvalue weighted by molar-refractivity contribution is -0.138. The van der Waals surface area contributed by atoms with Crippen molar-refractivity contribution in [2.75, 3.05) is 13.1 Å². The van der Waals surface area contributed by atoms with E-state index in [0.717, 1.165) is 25.9 Å². The molecule has 2 N–H and O–H groups in total. The smallest absolute Gasteiger partial charge is 0.240 e. The van der Waals surface area contributed by atoms with Crippen molar-refractivity contribution < 1.29 is 4.79 Å². The summed E-state index contributed by atoms with van der Waals surface area (Å²) in [6.45, 7) is 12.3. The summed E-state index contributed by atoms with van der Waals surface area (Å²) in [4.78, 5) is 14.3. The Kier molecular flexibility index (Phi) is 6.15. The lowest BCUT2D eigenvalue weighted by Gasteiger charge is -2.42. The molecule has 0 spiro atoms. The number of hydrogen-bond donors (Lipinski definition) is 1. The molecule has 2 atom stereocenters. The van der Waals surface area contributed by atoms with E-state index in [1.165, 1.54) is 6.42 Å². The molecule has 1 rings (SSSR count). The largest absolute Gasteiger partial charge is 0.341 e. The summed E-state index contributed by atoms with van der Waals surface area (Å²) in [6.07, 6.45) is 3.45. The molecule has 1 heterocycles. The number of rotatable bonds is 2. The van der Waals surface area contributed by atoms with Gasteiger partial charge in [-0.1, -0.05) is 34.6 Å². The first-order chi connectivity index (χ1) is 7.69. The molecule has 1 amide bonds. The predicted octanol–water partition coefficient (Wildman–Crippen LogP) is 2.82. The van der Waals surface area contributed by atoms with Gasteiger partial charge in [0.2, 0.25) is 5.91 Å². The molecule has 3 nitrogen and oxygen atoms in total. The first kappa shape index (κ1) is 17.7. The highest BCUT2D eigenvalue weighted by Crippen LogP contribution is 2.33. The van der Waals surface area contributed by atoms with E-state index < -0.39 is 0 Å². The molecule has 0 aliphatic carbocycles. The summed E-state index contributed by atoms with van der Waals surface area (Å²) in [5.74, 6) is 0.122. The SMILES string of the molecule is CCC1(C)CCCN(C(=O)[C@@H](N)C(C)(C)C)C1.Cl. The van der Waals surface area contributed by atoms with Crippen LogP contribution in [-0.2, 0) is 4.79 Å². The van der Waals surface area contributed by atoms with Gasteiger partial charge >= 0.3 is 0 Å². The molecule has 4 heteroatoms. The van der Waals surface area contributed by atoms with Crippen LogP contribution in [0.4, 0.5) is 0 Å². The number of hydrogen-bond acceptors (Lipinski definition) is 2. The van der Waals surface area contributed by atoms with Crippen LogP contribution < -0.4 is 5.73 Å². The fourth-order valence-corrected chi connectivity index (χ4v) is 2.36. The van der Waals surface area contributed by atoms with Crippen LogP contribution in [0.5, 0.6) is 0 Å². The molecule has 1 unspecified atom stereocenters. The van der Waals surface area contributed by atoms with Crippen molar-refractivity contribution in [2.45, 2.75) is 59.9 Å². The van der Waals surface area contributed by atoms with E-state index in [1.54, 1.807) is 0 Å². The average molecular weight is 277 g/mol. The van der Waals surface area contributed by atoms with Crippen molar-refractivity contribution in [3.05, 3.63) is 0 Å². The van der Waals surface area contributed by atoms with Crippen LogP contribution in [0.1, 0.15) is 53.9 Å². The van der Waals surface area contributed by atoms with Crippen molar-refractivity contribution in [3.8, 4) is 0 Å². The van der Waals surface area contributed by atoms with E-state index >= 15 is 0 Å². The summed E-state index contributed by atoms with van der Waals surface area (Å²) < 4.78 is 0. The van der Waals surface area contributed by atoms with E-state index in [0.29, 0.717) is 0 Å².